The van der Waals surface area contributed by atoms with Crippen LogP contribution >= 0.6 is 0 Å². The van der Waals surface area contributed by atoms with Gasteiger partial charge in [0, 0.05) is 0 Å². The van der Waals surface area contributed by atoms with Crippen LogP contribution in [0.15, 0.2) is 5.16 Å². The number of aldehydes is 1. The summed E-state index contributed by atoms with van der Waals surface area (Å²) in [7, 11) is 0. The Morgan fingerprint density at radius 3 is 3.09 bits per heavy atom. The quantitative estimate of drug-likeness (QED) is 0.177. The molecule has 0 aromatic rings. The highest BCUT2D eigenvalue weighted by atomic mass is 16.7. The van der Waals surface area contributed by atoms with Gasteiger partial charge in [-0.1, -0.05) is 0 Å². The van der Waals surface area contributed by atoms with Crippen molar-refractivity contribution in [1.82, 2.24) is 5.48 Å². The number of nitrogens with one attached hydrogen (secondary N) is 1. The lowest BCUT2D eigenvalue weighted by molar-refractivity contribution is -0.113. The van der Waals surface area contributed by atoms with E-state index in [1.165, 1.54) is 0 Å². The minimum atomic E-state index is -0.0810. The van der Waals surface area contributed by atoms with E-state index in [2.05, 4.69) is 20.3 Å². The van der Waals surface area contributed by atoms with Crippen molar-refractivity contribution in [1.29, 1.82) is 0 Å². The number of hydroxylamine groups is 1. The molecule has 64 valence electrons. The molecule has 0 rings (SSSR count). The third kappa shape index (κ3) is 6.59. The maximum atomic E-state index is 9.72. The zero-order valence-corrected chi connectivity index (χ0v) is 6.24. The van der Waals surface area contributed by atoms with Gasteiger partial charge in [0.2, 0.25) is 0 Å². The molecule has 0 aliphatic carbocycles. The molecule has 0 saturated heterocycles. The first kappa shape index (κ1) is 9.70. The van der Waals surface area contributed by atoms with Gasteiger partial charge in [0.25, 0.3) is 5.96 Å². The number of hydrogen-bond donors (Lipinski definition) is 2. The van der Waals surface area contributed by atoms with Crippen LogP contribution in [0.5, 0.6) is 0 Å². The largest absolute Gasteiger partial charge is 0.393 e. The van der Waals surface area contributed by atoms with Crippen LogP contribution in [0.3, 0.4) is 0 Å². The Balaban J connectivity index is 3.34. The molecule has 6 nitrogen and oxygen atoms in total. The Kier molecular flexibility index (Phi) is 6.01. The fraction of sp³-hybridized carbons (Fsp3) is 0.600. The van der Waals surface area contributed by atoms with E-state index in [1.54, 1.807) is 6.92 Å². The number of guanidine groups is 1. The molecule has 0 aromatic heterocycles. The van der Waals surface area contributed by atoms with E-state index in [-0.39, 0.29) is 12.6 Å². The van der Waals surface area contributed by atoms with E-state index in [0.29, 0.717) is 12.9 Å². The summed E-state index contributed by atoms with van der Waals surface area (Å²) in [5.74, 6) is -0.0197. The second-order valence-electron chi connectivity index (χ2n) is 1.47. The standard InChI is InChI=1S/C5H11N3O3/c1-2-10-7-5(6)8-11-4-3-9/h3H,2,4H2,1H3,(H3,6,7,8). The van der Waals surface area contributed by atoms with Crippen molar-refractivity contribution < 1.29 is 14.5 Å². The molecule has 0 fully saturated rings. The molecule has 6 heteroatoms. The van der Waals surface area contributed by atoms with E-state index in [9.17, 15) is 4.79 Å². The van der Waals surface area contributed by atoms with Crippen molar-refractivity contribution in [3.05, 3.63) is 0 Å². The minimum absolute atomic E-state index is 0.0197. The average molecular weight is 161 g/mol. The van der Waals surface area contributed by atoms with Crippen LogP contribution in [0.1, 0.15) is 6.92 Å². The van der Waals surface area contributed by atoms with Gasteiger partial charge in [-0.15, -0.1) is 0 Å². The lowest BCUT2D eigenvalue weighted by Gasteiger charge is -2.01. The van der Waals surface area contributed by atoms with E-state index < -0.39 is 0 Å². The third-order valence-corrected chi connectivity index (χ3v) is 0.620. The van der Waals surface area contributed by atoms with Gasteiger partial charge in [-0.25, -0.2) is 5.48 Å². The summed E-state index contributed by atoms with van der Waals surface area (Å²) in [6.45, 7) is 2.11. The van der Waals surface area contributed by atoms with Crippen LogP contribution in [-0.4, -0.2) is 25.5 Å². The highest BCUT2D eigenvalue weighted by Crippen LogP contribution is 1.72. The first-order chi connectivity index (χ1) is 5.31. The van der Waals surface area contributed by atoms with Gasteiger partial charge in [-0.05, 0) is 12.1 Å². The maximum Gasteiger partial charge on any atom is 0.254 e. The van der Waals surface area contributed by atoms with Crippen molar-refractivity contribution in [3.63, 3.8) is 0 Å². The van der Waals surface area contributed by atoms with Gasteiger partial charge in [-0.3, -0.25) is 4.84 Å². The van der Waals surface area contributed by atoms with Crippen LogP contribution < -0.4 is 11.2 Å². The Labute approximate surface area is 64.3 Å². The fourth-order valence-electron chi connectivity index (χ4n) is 0.302. The predicted molar refractivity (Wildman–Crippen MR) is 38.4 cm³/mol. The lowest BCUT2D eigenvalue weighted by atomic mass is 10.9. The van der Waals surface area contributed by atoms with Gasteiger partial charge < -0.3 is 15.4 Å². The minimum Gasteiger partial charge on any atom is -0.393 e. The smallest absolute Gasteiger partial charge is 0.254 e. The number of oxime groups is 1. The Hall–Kier alpha value is -1.30. The molecule has 0 aliphatic heterocycles. The summed E-state index contributed by atoms with van der Waals surface area (Å²) in [4.78, 5) is 18.8. The van der Waals surface area contributed by atoms with Crippen molar-refractivity contribution in [2.45, 2.75) is 6.92 Å². The van der Waals surface area contributed by atoms with Crippen LogP contribution in [0, 0.1) is 0 Å². The molecule has 0 bridgehead atoms. The van der Waals surface area contributed by atoms with Gasteiger partial charge in [-0.2, -0.15) is 0 Å². The summed E-state index contributed by atoms with van der Waals surface area (Å²) in [6, 6.07) is 0. The van der Waals surface area contributed by atoms with Crippen molar-refractivity contribution in [3.8, 4) is 0 Å². The van der Waals surface area contributed by atoms with Crippen LogP contribution in [-0.2, 0) is 14.5 Å². The third-order valence-electron chi connectivity index (χ3n) is 0.620. The maximum absolute atomic E-state index is 9.72. The Morgan fingerprint density at radius 1 is 1.82 bits per heavy atom. The summed E-state index contributed by atoms with van der Waals surface area (Å²) < 4.78 is 0. The number of rotatable bonds is 5. The molecule has 0 unspecified atom stereocenters. The Bertz CT molecular complexity index is 137. The molecule has 0 atom stereocenters. The van der Waals surface area contributed by atoms with Crippen LogP contribution in [0.25, 0.3) is 0 Å². The highest BCUT2D eigenvalue weighted by Gasteiger charge is 1.88. The van der Waals surface area contributed by atoms with E-state index in [4.69, 9.17) is 5.73 Å². The Morgan fingerprint density at radius 2 is 2.55 bits per heavy atom. The SMILES string of the molecule is CCON=C(N)NOCC=O. The number of carbonyl (C=O) groups is 1. The predicted octanol–water partition coefficient (Wildman–Crippen LogP) is -1.03. The monoisotopic (exact) mass is 161 g/mol. The molecule has 0 radical (unpaired) electrons. The fourth-order valence-corrected chi connectivity index (χ4v) is 0.302. The van der Waals surface area contributed by atoms with Gasteiger partial charge in [0.05, 0.1) is 0 Å². The average Bonchev–Trinajstić information content (AvgIpc) is 2.01. The van der Waals surface area contributed by atoms with Gasteiger partial charge >= 0.3 is 0 Å². The van der Waals surface area contributed by atoms with Gasteiger partial charge in [0.1, 0.15) is 19.5 Å². The zero-order chi connectivity index (χ0) is 8.53. The second kappa shape index (κ2) is 6.81. The number of hydrogen-bond acceptors (Lipinski definition) is 4. The van der Waals surface area contributed by atoms with Crippen LogP contribution in [0.2, 0.25) is 0 Å². The second-order valence-corrected chi connectivity index (χ2v) is 1.47. The number of carbonyl (C=O) groups excluding carboxylic acids is 1. The summed E-state index contributed by atoms with van der Waals surface area (Å²) in [6.07, 6.45) is 0.584. The highest BCUT2D eigenvalue weighted by molar-refractivity contribution is 5.76. The normalized spacial score (nSPS) is 10.8. The van der Waals surface area contributed by atoms with Gasteiger partial charge in [0.15, 0.2) is 0 Å². The van der Waals surface area contributed by atoms with Crippen LogP contribution in [0.4, 0.5) is 0 Å². The molecular formula is C5H11N3O3. The molecule has 0 heterocycles. The topological polar surface area (TPSA) is 85.9 Å². The molecular weight excluding hydrogens is 150 g/mol. The zero-order valence-electron chi connectivity index (χ0n) is 6.24. The molecule has 11 heavy (non-hydrogen) atoms. The molecule has 3 N–H and O–H groups in total. The number of nitrogens with zero attached hydrogens (tertiary/aromatic N) is 1. The molecule has 0 aromatic carbocycles. The van der Waals surface area contributed by atoms with E-state index >= 15 is 0 Å². The molecule has 0 amide bonds. The van der Waals surface area contributed by atoms with E-state index in [1.807, 2.05) is 0 Å². The van der Waals surface area contributed by atoms with Crippen molar-refractivity contribution in [2.24, 2.45) is 10.9 Å². The summed E-state index contributed by atoms with van der Waals surface area (Å²) in [5.41, 5.74) is 7.36. The summed E-state index contributed by atoms with van der Waals surface area (Å²) in [5, 5.41) is 3.36. The van der Waals surface area contributed by atoms with Crippen molar-refractivity contribution >= 4 is 12.2 Å². The first-order valence-corrected chi connectivity index (χ1v) is 3.08. The first-order valence-electron chi connectivity index (χ1n) is 3.08. The van der Waals surface area contributed by atoms with Crippen molar-refractivity contribution in [2.75, 3.05) is 13.2 Å². The summed E-state index contributed by atoms with van der Waals surface area (Å²) >= 11 is 0. The number of nitrogens with two attached hydrogens (primary N) is 1. The molecule has 0 saturated carbocycles. The lowest BCUT2D eigenvalue weighted by Crippen LogP contribution is -2.32. The molecule has 0 aliphatic rings. The van der Waals surface area contributed by atoms with E-state index in [0.717, 1.165) is 0 Å². The molecule has 0 spiro atoms.